The highest BCUT2D eigenvalue weighted by Crippen LogP contribution is 2.22. The molecule has 0 radical (unpaired) electrons. The average Bonchev–Trinajstić information content (AvgIpc) is 3.40. The number of carbonyl (C=O) groups excluding carboxylic acids is 1. The zero-order valence-corrected chi connectivity index (χ0v) is 16.6. The standard InChI is InChI=1S/C19H21N5O5/c1-11-12(2)24-15-16(20-18(24)23(11)10-13-6-5-9-29-13)21(3)19(27)22(17(15)26)8-7-14(25)28-4/h5-6,9H,7-8,10H2,1-4H3. The molecule has 0 spiro atoms. The maximum atomic E-state index is 13.2. The molecule has 0 bridgehead atoms. The van der Waals surface area contributed by atoms with Gasteiger partial charge in [0.15, 0.2) is 11.2 Å². The number of nitrogens with zero attached hydrogens (tertiary/aromatic N) is 5. The number of imidazole rings is 2. The molecule has 0 saturated carbocycles. The van der Waals surface area contributed by atoms with Crippen LogP contribution in [-0.4, -0.2) is 36.2 Å². The molecule has 4 rings (SSSR count). The van der Waals surface area contributed by atoms with Gasteiger partial charge in [0.25, 0.3) is 5.56 Å². The monoisotopic (exact) mass is 399 g/mol. The molecule has 29 heavy (non-hydrogen) atoms. The first-order valence-electron chi connectivity index (χ1n) is 9.12. The van der Waals surface area contributed by atoms with Gasteiger partial charge < -0.3 is 13.7 Å². The van der Waals surface area contributed by atoms with Gasteiger partial charge in [0, 0.05) is 25.0 Å². The summed E-state index contributed by atoms with van der Waals surface area (Å²) >= 11 is 0. The van der Waals surface area contributed by atoms with Crippen molar-refractivity contribution in [3.05, 3.63) is 56.4 Å². The molecule has 0 aromatic carbocycles. The van der Waals surface area contributed by atoms with Crippen molar-refractivity contribution in [2.45, 2.75) is 33.4 Å². The summed E-state index contributed by atoms with van der Waals surface area (Å²) in [4.78, 5) is 42.0. The number of aryl methyl sites for hydroxylation is 2. The third-order valence-corrected chi connectivity index (χ3v) is 5.29. The lowest BCUT2D eigenvalue weighted by Crippen LogP contribution is -2.40. The summed E-state index contributed by atoms with van der Waals surface area (Å²) in [5, 5.41) is 0. The zero-order valence-electron chi connectivity index (χ0n) is 16.6. The van der Waals surface area contributed by atoms with Crippen LogP contribution in [0.5, 0.6) is 0 Å². The molecule has 152 valence electrons. The van der Waals surface area contributed by atoms with E-state index in [1.807, 2.05) is 30.5 Å². The number of methoxy groups -OCH3 is 1. The fourth-order valence-electron chi connectivity index (χ4n) is 3.57. The highest BCUT2D eigenvalue weighted by molar-refractivity contribution is 5.76. The summed E-state index contributed by atoms with van der Waals surface area (Å²) in [6, 6.07) is 3.67. The lowest BCUT2D eigenvalue weighted by molar-refractivity contribution is -0.140. The van der Waals surface area contributed by atoms with Gasteiger partial charge in [-0.1, -0.05) is 0 Å². The van der Waals surface area contributed by atoms with Crippen molar-refractivity contribution in [3.8, 4) is 0 Å². The number of rotatable bonds is 5. The van der Waals surface area contributed by atoms with E-state index < -0.39 is 17.2 Å². The van der Waals surface area contributed by atoms with Crippen LogP contribution >= 0.6 is 0 Å². The van der Waals surface area contributed by atoms with Crippen LogP contribution in [0.4, 0.5) is 0 Å². The van der Waals surface area contributed by atoms with Crippen molar-refractivity contribution >= 4 is 22.9 Å². The summed E-state index contributed by atoms with van der Waals surface area (Å²) in [7, 11) is 2.82. The minimum absolute atomic E-state index is 0.0630. The second kappa shape index (κ2) is 6.80. The van der Waals surface area contributed by atoms with E-state index in [9.17, 15) is 14.4 Å². The molecule has 0 fully saturated rings. The van der Waals surface area contributed by atoms with E-state index in [4.69, 9.17) is 4.42 Å². The van der Waals surface area contributed by atoms with Crippen molar-refractivity contribution in [2.24, 2.45) is 7.05 Å². The van der Waals surface area contributed by atoms with Gasteiger partial charge in [-0.25, -0.2) is 4.79 Å². The first-order valence-corrected chi connectivity index (χ1v) is 9.12. The third kappa shape index (κ3) is 2.79. The minimum Gasteiger partial charge on any atom is -0.469 e. The highest BCUT2D eigenvalue weighted by Gasteiger charge is 2.23. The summed E-state index contributed by atoms with van der Waals surface area (Å²) in [5.41, 5.74) is 1.34. The van der Waals surface area contributed by atoms with Crippen molar-refractivity contribution in [1.29, 1.82) is 0 Å². The Labute approximate surface area is 164 Å². The van der Waals surface area contributed by atoms with Crippen LogP contribution in [0.3, 0.4) is 0 Å². The van der Waals surface area contributed by atoms with Crippen LogP contribution in [0, 0.1) is 13.8 Å². The number of esters is 1. The second-order valence-electron chi connectivity index (χ2n) is 6.88. The number of aromatic nitrogens is 5. The lowest BCUT2D eigenvalue weighted by Gasteiger charge is -2.08. The van der Waals surface area contributed by atoms with Crippen molar-refractivity contribution in [3.63, 3.8) is 0 Å². The Morgan fingerprint density at radius 1 is 1.21 bits per heavy atom. The molecule has 4 heterocycles. The molecule has 0 aliphatic heterocycles. The average molecular weight is 399 g/mol. The van der Waals surface area contributed by atoms with Gasteiger partial charge >= 0.3 is 11.7 Å². The Morgan fingerprint density at radius 2 is 1.97 bits per heavy atom. The van der Waals surface area contributed by atoms with Crippen molar-refractivity contribution < 1.29 is 13.9 Å². The lowest BCUT2D eigenvalue weighted by atomic mass is 10.3. The second-order valence-corrected chi connectivity index (χ2v) is 6.88. The molecule has 0 amide bonds. The van der Waals surface area contributed by atoms with Gasteiger partial charge in [-0.2, -0.15) is 4.98 Å². The number of carbonyl (C=O) groups is 1. The largest absolute Gasteiger partial charge is 0.469 e. The molecule has 4 aromatic heterocycles. The first-order chi connectivity index (χ1) is 13.8. The van der Waals surface area contributed by atoms with E-state index >= 15 is 0 Å². The Kier molecular flexibility index (Phi) is 4.40. The van der Waals surface area contributed by atoms with Gasteiger partial charge in [0.05, 0.1) is 26.3 Å². The van der Waals surface area contributed by atoms with Gasteiger partial charge in [-0.05, 0) is 26.0 Å². The quantitative estimate of drug-likeness (QED) is 0.463. The highest BCUT2D eigenvalue weighted by atomic mass is 16.5. The normalized spacial score (nSPS) is 11.6. The Bertz CT molecular complexity index is 1350. The number of furan rings is 1. The van der Waals surface area contributed by atoms with Gasteiger partial charge in [-0.3, -0.25) is 23.1 Å². The molecule has 0 aliphatic rings. The topological polar surface area (TPSA) is 106 Å². The fourth-order valence-corrected chi connectivity index (χ4v) is 3.57. The van der Waals surface area contributed by atoms with Gasteiger partial charge in [-0.15, -0.1) is 0 Å². The molecule has 0 unspecified atom stereocenters. The Balaban J connectivity index is 1.98. The molecule has 4 aromatic rings. The molecule has 10 heteroatoms. The first kappa shape index (κ1) is 18.8. The Morgan fingerprint density at radius 3 is 2.62 bits per heavy atom. The maximum absolute atomic E-state index is 13.2. The van der Waals surface area contributed by atoms with E-state index in [2.05, 4.69) is 9.72 Å². The summed E-state index contributed by atoms with van der Waals surface area (Å²) in [5.74, 6) is 0.806. The third-order valence-electron chi connectivity index (χ3n) is 5.29. The summed E-state index contributed by atoms with van der Waals surface area (Å²) in [6.45, 7) is 4.22. The zero-order chi connectivity index (χ0) is 20.9. The van der Waals surface area contributed by atoms with E-state index in [0.717, 1.165) is 21.7 Å². The fraction of sp³-hybridized carbons (Fsp3) is 0.368. The van der Waals surface area contributed by atoms with Crippen LogP contribution in [0.15, 0.2) is 32.4 Å². The molecule has 0 saturated heterocycles. The number of hydrogen-bond acceptors (Lipinski definition) is 6. The smallest absolute Gasteiger partial charge is 0.332 e. The maximum Gasteiger partial charge on any atom is 0.332 e. The van der Waals surface area contributed by atoms with Crippen LogP contribution in [0.25, 0.3) is 16.9 Å². The van der Waals surface area contributed by atoms with Gasteiger partial charge in [0.1, 0.15) is 5.76 Å². The summed E-state index contributed by atoms with van der Waals surface area (Å²) in [6.07, 6.45) is 1.53. The van der Waals surface area contributed by atoms with Crippen LogP contribution in [0.1, 0.15) is 23.6 Å². The van der Waals surface area contributed by atoms with E-state index in [1.54, 1.807) is 17.7 Å². The van der Waals surface area contributed by atoms with Crippen LogP contribution < -0.4 is 11.2 Å². The Hall–Kier alpha value is -3.56. The van der Waals surface area contributed by atoms with E-state index in [0.29, 0.717) is 23.5 Å². The molecule has 10 nitrogen and oxygen atoms in total. The van der Waals surface area contributed by atoms with E-state index in [1.165, 1.54) is 11.7 Å². The van der Waals surface area contributed by atoms with Crippen molar-refractivity contribution in [2.75, 3.05) is 7.11 Å². The number of fused-ring (bicyclic) bond motifs is 3. The molecule has 0 aliphatic carbocycles. The van der Waals surface area contributed by atoms with Crippen molar-refractivity contribution in [1.82, 2.24) is 23.1 Å². The molecule has 0 atom stereocenters. The predicted molar refractivity (Wildman–Crippen MR) is 104 cm³/mol. The molecular formula is C19H21N5O5. The number of hydrogen-bond donors (Lipinski definition) is 0. The SMILES string of the molecule is COC(=O)CCn1c(=O)c2c(nc3n(Cc4ccco4)c(C)c(C)n23)n(C)c1=O. The van der Waals surface area contributed by atoms with E-state index in [-0.39, 0.29) is 13.0 Å². The predicted octanol–water partition coefficient (Wildman–Crippen LogP) is 0.971. The minimum atomic E-state index is -0.529. The van der Waals surface area contributed by atoms with Crippen LogP contribution in [-0.2, 0) is 29.7 Å². The number of ether oxygens (including phenoxy) is 1. The molecule has 0 N–H and O–H groups in total. The van der Waals surface area contributed by atoms with Gasteiger partial charge in [0.2, 0.25) is 5.78 Å². The van der Waals surface area contributed by atoms with Crippen LogP contribution in [0.2, 0.25) is 0 Å². The summed E-state index contributed by atoms with van der Waals surface area (Å²) < 4.78 is 16.1. The molecular weight excluding hydrogens is 378 g/mol.